The van der Waals surface area contributed by atoms with Gasteiger partial charge in [-0.2, -0.15) is 0 Å². The number of thioether (sulfide) groups is 1. The van der Waals surface area contributed by atoms with Crippen LogP contribution in [0.5, 0.6) is 0 Å². The summed E-state index contributed by atoms with van der Waals surface area (Å²) in [7, 11) is 0. The minimum absolute atomic E-state index is 0.0251. The lowest BCUT2D eigenvalue weighted by atomic mass is 9.82. The van der Waals surface area contributed by atoms with E-state index >= 15 is 0 Å². The van der Waals surface area contributed by atoms with Gasteiger partial charge in [0.25, 0.3) is 0 Å². The number of carboxylic acid groups (broad SMARTS) is 1. The standard InChI is InChI=1S/C10H15NO3S/c12-9(4-7-2-1-3-7)11-6-15-5-8(11)10(13)14/h7-8H,1-6H2,(H,13,14)/t8-/m0/s1. The average Bonchev–Trinajstić information content (AvgIpc) is 2.59. The molecule has 1 N–H and O–H groups in total. The number of hydrogen-bond donors (Lipinski definition) is 1. The molecule has 84 valence electrons. The molecule has 4 nitrogen and oxygen atoms in total. The van der Waals surface area contributed by atoms with E-state index in [1.54, 1.807) is 0 Å². The number of aliphatic carboxylic acids is 1. The van der Waals surface area contributed by atoms with Crippen molar-refractivity contribution in [3.63, 3.8) is 0 Å². The SMILES string of the molecule is O=C(O)[C@@H]1CSCN1C(=O)CC1CCC1. The Morgan fingerprint density at radius 3 is 2.67 bits per heavy atom. The second-order valence-corrected chi connectivity index (χ2v) is 5.22. The number of carboxylic acids is 1. The highest BCUT2D eigenvalue weighted by Crippen LogP contribution is 2.31. The van der Waals surface area contributed by atoms with Gasteiger partial charge >= 0.3 is 5.97 Å². The highest BCUT2D eigenvalue weighted by atomic mass is 32.2. The zero-order valence-corrected chi connectivity index (χ0v) is 9.33. The first-order valence-electron chi connectivity index (χ1n) is 5.28. The number of amides is 1. The molecular formula is C10H15NO3S. The minimum Gasteiger partial charge on any atom is -0.480 e. The van der Waals surface area contributed by atoms with E-state index in [0.717, 1.165) is 12.8 Å². The average molecular weight is 229 g/mol. The first-order valence-corrected chi connectivity index (χ1v) is 6.44. The summed E-state index contributed by atoms with van der Waals surface area (Å²) >= 11 is 1.52. The van der Waals surface area contributed by atoms with Crippen LogP contribution >= 0.6 is 11.8 Å². The molecular weight excluding hydrogens is 214 g/mol. The van der Waals surface area contributed by atoms with Crippen molar-refractivity contribution in [2.24, 2.45) is 5.92 Å². The van der Waals surface area contributed by atoms with Gasteiger partial charge in [-0.05, 0) is 18.8 Å². The molecule has 0 aromatic carbocycles. The van der Waals surface area contributed by atoms with Gasteiger partial charge < -0.3 is 10.0 Å². The number of carbonyl (C=O) groups is 2. The maximum absolute atomic E-state index is 11.8. The van der Waals surface area contributed by atoms with Gasteiger partial charge in [0, 0.05) is 12.2 Å². The molecule has 0 spiro atoms. The Bertz CT molecular complexity index is 278. The molecule has 1 aliphatic carbocycles. The zero-order valence-electron chi connectivity index (χ0n) is 8.52. The molecule has 2 rings (SSSR count). The molecule has 5 heteroatoms. The van der Waals surface area contributed by atoms with Crippen LogP contribution in [-0.4, -0.2) is 39.6 Å². The summed E-state index contributed by atoms with van der Waals surface area (Å²) in [4.78, 5) is 24.2. The molecule has 0 radical (unpaired) electrons. The summed E-state index contributed by atoms with van der Waals surface area (Å²) in [5.41, 5.74) is 0. The fraction of sp³-hybridized carbons (Fsp3) is 0.800. The predicted octanol–water partition coefficient (Wildman–Crippen LogP) is 1.16. The minimum atomic E-state index is -0.873. The lowest BCUT2D eigenvalue weighted by Crippen LogP contribution is -2.42. The third-order valence-electron chi connectivity index (χ3n) is 3.18. The van der Waals surface area contributed by atoms with Crippen molar-refractivity contribution in [3.05, 3.63) is 0 Å². The predicted molar refractivity (Wildman–Crippen MR) is 57.6 cm³/mol. The van der Waals surface area contributed by atoms with Crippen molar-refractivity contribution >= 4 is 23.6 Å². The van der Waals surface area contributed by atoms with Crippen LogP contribution in [0.3, 0.4) is 0 Å². The van der Waals surface area contributed by atoms with Crippen LogP contribution in [0.4, 0.5) is 0 Å². The van der Waals surface area contributed by atoms with E-state index in [9.17, 15) is 9.59 Å². The summed E-state index contributed by atoms with van der Waals surface area (Å²) in [6.45, 7) is 0. The molecule has 1 heterocycles. The van der Waals surface area contributed by atoms with Crippen LogP contribution in [0, 0.1) is 5.92 Å². The maximum Gasteiger partial charge on any atom is 0.327 e. The molecule has 0 bridgehead atoms. The molecule has 0 aromatic rings. The maximum atomic E-state index is 11.8. The van der Waals surface area contributed by atoms with Crippen molar-refractivity contribution in [1.82, 2.24) is 4.90 Å². The normalized spacial score (nSPS) is 26.4. The Kier molecular flexibility index (Phi) is 3.19. The lowest BCUT2D eigenvalue weighted by Gasteiger charge is -2.28. The van der Waals surface area contributed by atoms with E-state index in [0.29, 0.717) is 24.0 Å². The van der Waals surface area contributed by atoms with Gasteiger partial charge in [0.1, 0.15) is 6.04 Å². The van der Waals surface area contributed by atoms with Crippen molar-refractivity contribution in [1.29, 1.82) is 0 Å². The van der Waals surface area contributed by atoms with Gasteiger partial charge in [-0.15, -0.1) is 11.8 Å². The molecule has 2 fully saturated rings. The van der Waals surface area contributed by atoms with E-state index in [2.05, 4.69) is 0 Å². The van der Waals surface area contributed by atoms with Crippen molar-refractivity contribution in [3.8, 4) is 0 Å². The molecule has 2 aliphatic rings. The van der Waals surface area contributed by atoms with E-state index in [1.807, 2.05) is 0 Å². The highest BCUT2D eigenvalue weighted by molar-refractivity contribution is 7.99. The van der Waals surface area contributed by atoms with E-state index in [4.69, 9.17) is 5.11 Å². The third-order valence-corrected chi connectivity index (χ3v) is 4.19. The van der Waals surface area contributed by atoms with E-state index < -0.39 is 12.0 Å². The smallest absolute Gasteiger partial charge is 0.327 e. The first kappa shape index (κ1) is 10.8. The Balaban J connectivity index is 1.90. The van der Waals surface area contributed by atoms with Gasteiger partial charge in [-0.3, -0.25) is 4.79 Å². The second-order valence-electron chi connectivity index (χ2n) is 4.22. The Hall–Kier alpha value is -0.710. The van der Waals surface area contributed by atoms with Gasteiger partial charge in [0.05, 0.1) is 5.88 Å². The van der Waals surface area contributed by atoms with Crippen molar-refractivity contribution in [2.45, 2.75) is 31.7 Å². The largest absolute Gasteiger partial charge is 0.480 e. The van der Waals surface area contributed by atoms with E-state index in [-0.39, 0.29) is 5.91 Å². The molecule has 1 amide bonds. The fourth-order valence-corrected chi connectivity index (χ4v) is 3.13. The van der Waals surface area contributed by atoms with E-state index in [1.165, 1.54) is 23.1 Å². The van der Waals surface area contributed by atoms with Gasteiger partial charge in [0.15, 0.2) is 0 Å². The molecule has 1 saturated carbocycles. The third kappa shape index (κ3) is 2.27. The summed E-state index contributed by atoms with van der Waals surface area (Å²) in [6, 6.07) is -0.595. The summed E-state index contributed by atoms with van der Waals surface area (Å²) in [6.07, 6.45) is 4.02. The number of rotatable bonds is 3. The van der Waals surface area contributed by atoms with Gasteiger partial charge in [-0.1, -0.05) is 6.42 Å². The Labute approximate surface area is 93.0 Å². The molecule has 1 saturated heterocycles. The monoisotopic (exact) mass is 229 g/mol. The van der Waals surface area contributed by atoms with Gasteiger partial charge in [-0.25, -0.2) is 4.79 Å². The number of nitrogens with zero attached hydrogens (tertiary/aromatic N) is 1. The Morgan fingerprint density at radius 2 is 2.13 bits per heavy atom. The van der Waals surface area contributed by atoms with Gasteiger partial charge in [0.2, 0.25) is 5.91 Å². The van der Waals surface area contributed by atoms with Crippen LogP contribution in [0.1, 0.15) is 25.7 Å². The van der Waals surface area contributed by atoms with Crippen LogP contribution in [0.15, 0.2) is 0 Å². The lowest BCUT2D eigenvalue weighted by molar-refractivity contribution is -0.148. The number of hydrogen-bond acceptors (Lipinski definition) is 3. The molecule has 1 atom stereocenters. The zero-order chi connectivity index (χ0) is 10.8. The van der Waals surface area contributed by atoms with Crippen LogP contribution in [0.2, 0.25) is 0 Å². The second kappa shape index (κ2) is 4.43. The van der Waals surface area contributed by atoms with Crippen molar-refractivity contribution in [2.75, 3.05) is 11.6 Å². The summed E-state index contributed by atoms with van der Waals surface area (Å²) in [5, 5.41) is 8.93. The highest BCUT2D eigenvalue weighted by Gasteiger charge is 2.35. The molecule has 1 aliphatic heterocycles. The molecule has 0 aromatic heterocycles. The quantitative estimate of drug-likeness (QED) is 0.789. The summed E-state index contributed by atoms with van der Waals surface area (Å²) in [5.74, 6) is 0.741. The Morgan fingerprint density at radius 1 is 1.40 bits per heavy atom. The van der Waals surface area contributed by atoms with Crippen LogP contribution in [-0.2, 0) is 9.59 Å². The van der Waals surface area contributed by atoms with Crippen molar-refractivity contribution < 1.29 is 14.7 Å². The topological polar surface area (TPSA) is 57.6 Å². The molecule has 15 heavy (non-hydrogen) atoms. The van der Waals surface area contributed by atoms with Crippen LogP contribution in [0.25, 0.3) is 0 Å². The summed E-state index contributed by atoms with van der Waals surface area (Å²) < 4.78 is 0. The number of carbonyl (C=O) groups excluding carboxylic acids is 1. The van der Waals surface area contributed by atoms with Crippen LogP contribution < -0.4 is 0 Å². The fourth-order valence-electron chi connectivity index (χ4n) is 1.95. The molecule has 0 unspecified atom stereocenters. The first-order chi connectivity index (χ1) is 7.18.